The van der Waals surface area contributed by atoms with Crippen molar-refractivity contribution in [1.82, 2.24) is 5.32 Å². The fourth-order valence-corrected chi connectivity index (χ4v) is 1.92. The minimum Gasteiger partial charge on any atom is -0.335 e. The largest absolute Gasteiger partial charge is 0.335 e. The highest BCUT2D eigenvalue weighted by atomic mass is 16.2. The second-order valence-electron chi connectivity index (χ2n) is 5.04. The van der Waals surface area contributed by atoms with Crippen LogP contribution in [-0.4, -0.2) is 12.1 Å². The van der Waals surface area contributed by atoms with Gasteiger partial charge in [0.05, 0.1) is 0 Å². The molecule has 1 aliphatic rings. The van der Waals surface area contributed by atoms with Crippen LogP contribution in [0.5, 0.6) is 0 Å². The summed E-state index contributed by atoms with van der Waals surface area (Å²) in [5.41, 5.74) is 3.97. The van der Waals surface area contributed by atoms with Crippen LogP contribution in [0.15, 0.2) is 24.8 Å². The smallest absolute Gasteiger partial charge is 0.319 e. The Hall–Kier alpha value is -1.77. The monoisotopic (exact) mass is 244 g/mol. The van der Waals surface area contributed by atoms with E-state index in [-0.39, 0.29) is 6.03 Å². The van der Waals surface area contributed by atoms with E-state index in [1.54, 1.807) is 0 Å². The van der Waals surface area contributed by atoms with E-state index in [0.29, 0.717) is 6.04 Å². The van der Waals surface area contributed by atoms with Crippen LogP contribution < -0.4 is 10.6 Å². The van der Waals surface area contributed by atoms with Gasteiger partial charge in [0.15, 0.2) is 0 Å². The second-order valence-corrected chi connectivity index (χ2v) is 5.04. The van der Waals surface area contributed by atoms with Gasteiger partial charge in [-0.3, -0.25) is 0 Å². The lowest BCUT2D eigenvalue weighted by molar-refractivity contribution is 0.240. The molecule has 3 nitrogen and oxygen atoms in total. The number of amides is 2. The number of hydrogen-bond acceptors (Lipinski definition) is 1. The van der Waals surface area contributed by atoms with Crippen molar-refractivity contribution in [1.29, 1.82) is 0 Å². The summed E-state index contributed by atoms with van der Waals surface area (Å²) in [6.45, 7) is 7.87. The molecule has 18 heavy (non-hydrogen) atoms. The molecule has 1 fully saturated rings. The Bertz CT molecular complexity index is 475. The number of allylic oxidation sites excluding steroid dienone is 1. The fourth-order valence-electron chi connectivity index (χ4n) is 1.92. The Morgan fingerprint density at radius 2 is 2.11 bits per heavy atom. The highest BCUT2D eigenvalue weighted by Gasteiger charge is 2.19. The maximum absolute atomic E-state index is 11.8. The van der Waals surface area contributed by atoms with Gasteiger partial charge in [-0.05, 0) is 50.3 Å². The minimum absolute atomic E-state index is 0.110. The summed E-state index contributed by atoms with van der Waals surface area (Å²) in [4.78, 5) is 11.8. The first-order valence-corrected chi connectivity index (χ1v) is 6.40. The van der Waals surface area contributed by atoms with Gasteiger partial charge in [-0.25, -0.2) is 4.79 Å². The summed E-state index contributed by atoms with van der Waals surface area (Å²) in [6.07, 6.45) is 3.41. The zero-order valence-electron chi connectivity index (χ0n) is 11.0. The van der Waals surface area contributed by atoms with Crippen LogP contribution in [0, 0.1) is 6.92 Å². The summed E-state index contributed by atoms with van der Waals surface area (Å²) in [5, 5.41) is 5.88. The summed E-state index contributed by atoms with van der Waals surface area (Å²) < 4.78 is 0. The predicted molar refractivity (Wildman–Crippen MR) is 75.7 cm³/mol. The molecule has 1 aromatic rings. The van der Waals surface area contributed by atoms with E-state index >= 15 is 0 Å². The summed E-state index contributed by atoms with van der Waals surface area (Å²) >= 11 is 0. The van der Waals surface area contributed by atoms with Gasteiger partial charge in [0.25, 0.3) is 0 Å². The molecular formula is C15H20N2O. The van der Waals surface area contributed by atoms with Crippen LogP contribution in [0.25, 0.3) is 5.57 Å². The van der Waals surface area contributed by atoms with E-state index in [1.165, 1.54) is 6.42 Å². The molecule has 0 radical (unpaired) electrons. The van der Waals surface area contributed by atoms with Crippen molar-refractivity contribution in [2.45, 2.75) is 39.2 Å². The standard InChI is InChI=1S/C15H20N2O/c1-10(2)12-8-7-11(3)14(9-12)17-15(18)16-13-5-4-6-13/h7-9,13H,1,4-6H2,2-3H3,(H2,16,17,18). The molecule has 1 aromatic carbocycles. The second kappa shape index (κ2) is 5.25. The van der Waals surface area contributed by atoms with Gasteiger partial charge in [0.2, 0.25) is 0 Å². The predicted octanol–water partition coefficient (Wildman–Crippen LogP) is 3.70. The van der Waals surface area contributed by atoms with Crippen LogP contribution in [-0.2, 0) is 0 Å². The summed E-state index contributed by atoms with van der Waals surface area (Å²) in [7, 11) is 0. The van der Waals surface area contributed by atoms with Gasteiger partial charge in [-0.2, -0.15) is 0 Å². The van der Waals surface area contributed by atoms with Crippen molar-refractivity contribution in [3.63, 3.8) is 0 Å². The summed E-state index contributed by atoms with van der Waals surface area (Å²) in [5.74, 6) is 0. The highest BCUT2D eigenvalue weighted by molar-refractivity contribution is 5.91. The van der Waals surface area contributed by atoms with Crippen molar-refractivity contribution in [2.24, 2.45) is 0 Å². The van der Waals surface area contributed by atoms with Crippen LogP contribution in [0.2, 0.25) is 0 Å². The number of aryl methyl sites for hydroxylation is 1. The number of urea groups is 1. The van der Waals surface area contributed by atoms with E-state index in [4.69, 9.17) is 0 Å². The van der Waals surface area contributed by atoms with E-state index < -0.39 is 0 Å². The van der Waals surface area contributed by atoms with Gasteiger partial charge in [-0.15, -0.1) is 0 Å². The molecule has 1 aliphatic carbocycles. The van der Waals surface area contributed by atoms with Crippen LogP contribution >= 0.6 is 0 Å². The molecule has 96 valence electrons. The number of carbonyl (C=O) groups is 1. The first-order chi connectivity index (χ1) is 8.56. The quantitative estimate of drug-likeness (QED) is 0.836. The molecule has 0 atom stereocenters. The first kappa shape index (κ1) is 12.7. The Morgan fingerprint density at radius 1 is 1.39 bits per heavy atom. The van der Waals surface area contributed by atoms with Gasteiger partial charge in [0.1, 0.15) is 0 Å². The van der Waals surface area contributed by atoms with Gasteiger partial charge < -0.3 is 10.6 Å². The number of hydrogen-bond donors (Lipinski definition) is 2. The molecule has 0 aliphatic heterocycles. The molecular weight excluding hydrogens is 224 g/mol. The molecule has 0 heterocycles. The fraction of sp³-hybridized carbons (Fsp3) is 0.400. The van der Waals surface area contributed by atoms with Crippen molar-refractivity contribution in [3.8, 4) is 0 Å². The number of nitrogens with one attached hydrogen (secondary N) is 2. The molecule has 1 saturated carbocycles. The number of carbonyl (C=O) groups excluding carboxylic acids is 1. The zero-order chi connectivity index (χ0) is 13.1. The topological polar surface area (TPSA) is 41.1 Å². The van der Waals surface area contributed by atoms with E-state index in [1.807, 2.05) is 32.0 Å². The number of anilines is 1. The van der Waals surface area contributed by atoms with Gasteiger partial charge in [-0.1, -0.05) is 24.3 Å². The van der Waals surface area contributed by atoms with Crippen molar-refractivity contribution < 1.29 is 4.79 Å². The lowest BCUT2D eigenvalue weighted by Crippen LogP contribution is -2.41. The minimum atomic E-state index is -0.110. The number of benzene rings is 1. The Balaban J connectivity index is 2.04. The lowest BCUT2D eigenvalue weighted by atomic mass is 9.93. The highest BCUT2D eigenvalue weighted by Crippen LogP contribution is 2.22. The lowest BCUT2D eigenvalue weighted by Gasteiger charge is -2.26. The molecule has 2 rings (SSSR count). The molecule has 2 N–H and O–H groups in total. The van der Waals surface area contributed by atoms with E-state index in [2.05, 4.69) is 17.2 Å². The molecule has 0 bridgehead atoms. The third kappa shape index (κ3) is 2.92. The van der Waals surface area contributed by atoms with Crippen molar-refractivity contribution in [2.75, 3.05) is 5.32 Å². The average molecular weight is 244 g/mol. The molecule has 0 unspecified atom stereocenters. The van der Waals surface area contributed by atoms with E-state index in [9.17, 15) is 4.79 Å². The van der Waals surface area contributed by atoms with Gasteiger partial charge in [0, 0.05) is 11.7 Å². The number of rotatable bonds is 3. The Kier molecular flexibility index (Phi) is 3.70. The maximum Gasteiger partial charge on any atom is 0.319 e. The van der Waals surface area contributed by atoms with Gasteiger partial charge >= 0.3 is 6.03 Å². The van der Waals surface area contributed by atoms with Crippen LogP contribution in [0.1, 0.15) is 37.3 Å². The zero-order valence-corrected chi connectivity index (χ0v) is 11.0. The third-order valence-electron chi connectivity index (χ3n) is 3.42. The molecule has 0 aromatic heterocycles. The average Bonchev–Trinajstić information content (AvgIpc) is 2.26. The van der Waals surface area contributed by atoms with Crippen molar-refractivity contribution in [3.05, 3.63) is 35.9 Å². The van der Waals surface area contributed by atoms with E-state index in [0.717, 1.165) is 35.2 Å². The summed E-state index contributed by atoms with van der Waals surface area (Å²) in [6, 6.07) is 6.24. The molecule has 3 heteroatoms. The maximum atomic E-state index is 11.8. The van der Waals surface area contributed by atoms with Crippen LogP contribution in [0.4, 0.5) is 10.5 Å². The van der Waals surface area contributed by atoms with Crippen molar-refractivity contribution >= 4 is 17.3 Å². The Morgan fingerprint density at radius 3 is 2.67 bits per heavy atom. The molecule has 0 spiro atoms. The normalized spacial score (nSPS) is 14.8. The molecule has 0 saturated heterocycles. The SMILES string of the molecule is C=C(C)c1ccc(C)c(NC(=O)NC2CCC2)c1. The van der Waals surface area contributed by atoms with Crippen LogP contribution in [0.3, 0.4) is 0 Å². The Labute approximate surface area is 108 Å². The molecule has 2 amide bonds. The third-order valence-corrected chi connectivity index (χ3v) is 3.42. The first-order valence-electron chi connectivity index (χ1n) is 6.40.